The summed E-state index contributed by atoms with van der Waals surface area (Å²) >= 11 is 11.8. The van der Waals surface area contributed by atoms with Crippen LogP contribution in [0.5, 0.6) is 5.75 Å². The fourth-order valence-corrected chi connectivity index (χ4v) is 2.39. The Morgan fingerprint density at radius 3 is 2.62 bits per heavy atom. The fourth-order valence-electron chi connectivity index (χ4n) is 1.92. The molecule has 0 aliphatic rings. The van der Waals surface area contributed by atoms with E-state index in [0.717, 1.165) is 0 Å². The number of para-hydroxylation sites is 1. The molecule has 0 aromatic heterocycles. The number of carbonyl (C=O) groups excluding carboxylic acids is 2. The third-order valence-corrected chi connectivity index (χ3v) is 3.80. The van der Waals surface area contributed by atoms with Gasteiger partial charge in [-0.1, -0.05) is 41.4 Å². The lowest BCUT2D eigenvalue weighted by molar-refractivity contribution is -0.150. The maximum Gasteiger partial charge on any atom is 0.344 e. The van der Waals surface area contributed by atoms with Crippen molar-refractivity contribution in [1.82, 2.24) is 5.32 Å². The van der Waals surface area contributed by atoms with E-state index in [9.17, 15) is 9.59 Å². The highest BCUT2D eigenvalue weighted by Crippen LogP contribution is 2.20. The Morgan fingerprint density at radius 1 is 1.12 bits per heavy atom. The summed E-state index contributed by atoms with van der Waals surface area (Å²) in [4.78, 5) is 23.4. The zero-order chi connectivity index (χ0) is 18.9. The van der Waals surface area contributed by atoms with Crippen molar-refractivity contribution < 1.29 is 19.1 Å². The van der Waals surface area contributed by atoms with Gasteiger partial charge in [-0.3, -0.25) is 4.79 Å². The van der Waals surface area contributed by atoms with Crippen LogP contribution in [0.2, 0.25) is 10.0 Å². The van der Waals surface area contributed by atoms with Crippen LogP contribution < -0.4 is 10.1 Å². The average molecular weight is 393 g/mol. The van der Waals surface area contributed by atoms with Crippen LogP contribution in [0.4, 0.5) is 0 Å². The normalized spacial score (nSPS) is 9.88. The van der Waals surface area contributed by atoms with E-state index >= 15 is 0 Å². The first-order chi connectivity index (χ1) is 12.5. The molecule has 0 heterocycles. The standard InChI is InChI=1S/C18H14Cl2N2O4/c19-14-6-5-13(15(20)7-14)9-22-17(23)10-26-18(24)11-25-16-4-2-1-3-12(16)8-21/h1-7H,9-11H2,(H,22,23). The number of halogens is 2. The lowest BCUT2D eigenvalue weighted by Crippen LogP contribution is -2.29. The molecule has 0 aliphatic heterocycles. The number of ether oxygens (including phenoxy) is 2. The molecule has 6 nitrogen and oxygen atoms in total. The molecule has 0 spiro atoms. The van der Waals surface area contributed by atoms with Gasteiger partial charge in [0.15, 0.2) is 13.2 Å². The molecule has 1 amide bonds. The minimum absolute atomic E-state index is 0.179. The first kappa shape index (κ1) is 19.6. The zero-order valence-corrected chi connectivity index (χ0v) is 15.0. The van der Waals surface area contributed by atoms with Crippen LogP contribution in [0.1, 0.15) is 11.1 Å². The number of nitrogens with zero attached hydrogens (tertiary/aromatic N) is 1. The highest BCUT2D eigenvalue weighted by molar-refractivity contribution is 6.35. The molecular weight excluding hydrogens is 379 g/mol. The molecule has 0 saturated carbocycles. The first-order valence-corrected chi connectivity index (χ1v) is 8.23. The molecule has 134 valence electrons. The van der Waals surface area contributed by atoms with Gasteiger partial charge in [0.25, 0.3) is 5.91 Å². The highest BCUT2D eigenvalue weighted by Gasteiger charge is 2.10. The van der Waals surface area contributed by atoms with Gasteiger partial charge in [-0.25, -0.2) is 4.79 Å². The Balaban J connectivity index is 1.73. The molecule has 2 rings (SSSR count). The number of benzene rings is 2. The SMILES string of the molecule is N#Cc1ccccc1OCC(=O)OCC(=O)NCc1ccc(Cl)cc1Cl. The lowest BCUT2D eigenvalue weighted by atomic mass is 10.2. The summed E-state index contributed by atoms with van der Waals surface area (Å²) in [5.74, 6) is -0.937. The second-order valence-electron chi connectivity index (χ2n) is 5.07. The molecular formula is C18H14Cl2N2O4. The molecule has 0 saturated heterocycles. The minimum Gasteiger partial charge on any atom is -0.481 e. The van der Waals surface area contributed by atoms with E-state index < -0.39 is 25.1 Å². The second kappa shape index (κ2) is 9.66. The lowest BCUT2D eigenvalue weighted by Gasteiger charge is -2.09. The van der Waals surface area contributed by atoms with Gasteiger partial charge in [0.2, 0.25) is 0 Å². The highest BCUT2D eigenvalue weighted by atomic mass is 35.5. The summed E-state index contributed by atoms with van der Waals surface area (Å²) in [6, 6.07) is 13.4. The molecule has 0 bridgehead atoms. The monoisotopic (exact) mass is 392 g/mol. The van der Waals surface area contributed by atoms with Crippen molar-refractivity contribution in [3.63, 3.8) is 0 Å². The van der Waals surface area contributed by atoms with Crippen molar-refractivity contribution in [2.24, 2.45) is 0 Å². The quantitative estimate of drug-likeness (QED) is 0.731. The number of esters is 1. The number of rotatable bonds is 7. The molecule has 0 aliphatic carbocycles. The largest absolute Gasteiger partial charge is 0.481 e. The number of hydrogen-bond acceptors (Lipinski definition) is 5. The second-order valence-corrected chi connectivity index (χ2v) is 5.91. The predicted molar refractivity (Wildman–Crippen MR) is 95.9 cm³/mol. The number of amides is 1. The van der Waals surface area contributed by atoms with E-state index in [1.54, 1.807) is 42.5 Å². The van der Waals surface area contributed by atoms with Gasteiger partial charge >= 0.3 is 5.97 Å². The van der Waals surface area contributed by atoms with Crippen LogP contribution in [-0.4, -0.2) is 25.1 Å². The Hall–Kier alpha value is -2.75. The number of nitrogens with one attached hydrogen (secondary N) is 1. The van der Waals surface area contributed by atoms with Crippen LogP contribution in [0.15, 0.2) is 42.5 Å². The molecule has 0 radical (unpaired) electrons. The smallest absolute Gasteiger partial charge is 0.344 e. The summed E-state index contributed by atoms with van der Waals surface area (Å²) in [7, 11) is 0. The zero-order valence-electron chi connectivity index (χ0n) is 13.5. The summed E-state index contributed by atoms with van der Waals surface area (Å²) in [5, 5.41) is 12.4. The maximum absolute atomic E-state index is 11.7. The van der Waals surface area contributed by atoms with Gasteiger partial charge < -0.3 is 14.8 Å². The predicted octanol–water partition coefficient (Wildman–Crippen LogP) is 3.10. The molecule has 2 aromatic rings. The Morgan fingerprint density at radius 2 is 1.88 bits per heavy atom. The third kappa shape index (κ3) is 5.96. The summed E-state index contributed by atoms with van der Waals surface area (Å²) < 4.78 is 10.0. The van der Waals surface area contributed by atoms with Gasteiger partial charge in [-0.05, 0) is 29.8 Å². The number of carbonyl (C=O) groups is 2. The Kier molecular flexibility index (Phi) is 7.27. The van der Waals surface area contributed by atoms with Crippen molar-refractivity contribution in [2.75, 3.05) is 13.2 Å². The van der Waals surface area contributed by atoms with Crippen molar-refractivity contribution >= 4 is 35.1 Å². The molecule has 1 N–H and O–H groups in total. The number of hydrogen-bond donors (Lipinski definition) is 1. The molecule has 0 atom stereocenters. The van der Waals surface area contributed by atoms with Gasteiger partial charge in [0.05, 0.1) is 5.56 Å². The van der Waals surface area contributed by atoms with Crippen molar-refractivity contribution in [2.45, 2.75) is 6.54 Å². The minimum atomic E-state index is -0.725. The topological polar surface area (TPSA) is 88.4 Å². The molecule has 0 unspecified atom stereocenters. The molecule has 0 fully saturated rings. The summed E-state index contributed by atoms with van der Waals surface area (Å²) in [6.07, 6.45) is 0. The fraction of sp³-hybridized carbons (Fsp3) is 0.167. The van der Waals surface area contributed by atoms with Crippen molar-refractivity contribution in [3.8, 4) is 11.8 Å². The van der Waals surface area contributed by atoms with E-state index in [-0.39, 0.29) is 12.3 Å². The third-order valence-electron chi connectivity index (χ3n) is 3.21. The Bertz CT molecular complexity index is 849. The first-order valence-electron chi connectivity index (χ1n) is 7.48. The van der Waals surface area contributed by atoms with Crippen LogP contribution in [0, 0.1) is 11.3 Å². The van der Waals surface area contributed by atoms with Crippen LogP contribution in [-0.2, 0) is 20.9 Å². The van der Waals surface area contributed by atoms with Crippen LogP contribution in [0.3, 0.4) is 0 Å². The number of nitriles is 1. The molecule has 8 heteroatoms. The van der Waals surface area contributed by atoms with Crippen LogP contribution in [0.25, 0.3) is 0 Å². The van der Waals surface area contributed by atoms with E-state index in [0.29, 0.717) is 21.2 Å². The van der Waals surface area contributed by atoms with Gasteiger partial charge in [-0.15, -0.1) is 0 Å². The van der Waals surface area contributed by atoms with Gasteiger partial charge in [-0.2, -0.15) is 5.26 Å². The van der Waals surface area contributed by atoms with Gasteiger partial charge in [0, 0.05) is 16.6 Å². The van der Waals surface area contributed by atoms with E-state index in [2.05, 4.69) is 5.32 Å². The van der Waals surface area contributed by atoms with E-state index in [4.69, 9.17) is 37.9 Å². The molecule has 2 aromatic carbocycles. The molecule has 26 heavy (non-hydrogen) atoms. The summed E-state index contributed by atoms with van der Waals surface area (Å²) in [5.41, 5.74) is 0.991. The van der Waals surface area contributed by atoms with Crippen LogP contribution >= 0.6 is 23.2 Å². The van der Waals surface area contributed by atoms with Crippen molar-refractivity contribution in [1.29, 1.82) is 5.26 Å². The maximum atomic E-state index is 11.7. The van der Waals surface area contributed by atoms with Gasteiger partial charge in [0.1, 0.15) is 11.8 Å². The summed E-state index contributed by atoms with van der Waals surface area (Å²) in [6.45, 7) is -0.680. The van der Waals surface area contributed by atoms with E-state index in [1.807, 2.05) is 6.07 Å². The van der Waals surface area contributed by atoms with Crippen molar-refractivity contribution in [3.05, 3.63) is 63.6 Å². The Labute approximate surface area is 160 Å². The van der Waals surface area contributed by atoms with E-state index in [1.165, 1.54) is 0 Å². The average Bonchev–Trinajstić information content (AvgIpc) is 2.64.